The van der Waals surface area contributed by atoms with E-state index in [1.165, 1.54) is 65.6 Å². The van der Waals surface area contributed by atoms with Gasteiger partial charge in [-0.2, -0.15) is 0 Å². The van der Waals surface area contributed by atoms with Gasteiger partial charge in [-0.3, -0.25) is 0 Å². The summed E-state index contributed by atoms with van der Waals surface area (Å²) in [6.07, 6.45) is 0. The zero-order chi connectivity index (χ0) is 47.5. The maximum Gasteiger partial charge on any atom is 0.256 e. The molecule has 0 aliphatic carbocycles. The monoisotopic (exact) mass is 923 g/mol. The van der Waals surface area contributed by atoms with Crippen LogP contribution in [-0.2, 0) is 5.41 Å². The first-order valence-corrected chi connectivity index (χ1v) is 25.0. The molecule has 0 saturated carbocycles. The van der Waals surface area contributed by atoms with E-state index in [1.54, 1.807) is 0 Å². The van der Waals surface area contributed by atoms with Gasteiger partial charge in [0.2, 0.25) is 0 Å². The Bertz CT molecular complexity index is 4860. The molecular weight excluding hydrogens is 882 g/mol. The summed E-state index contributed by atoms with van der Waals surface area (Å²) in [6.45, 7) is 8.95. The van der Waals surface area contributed by atoms with Gasteiger partial charge < -0.3 is 27.3 Å². The predicted octanol–water partition coefficient (Wildman–Crippen LogP) is 15.3. The fourth-order valence-electron chi connectivity index (χ4n) is 13.1. The zero-order valence-corrected chi connectivity index (χ0v) is 40.0. The van der Waals surface area contributed by atoms with E-state index in [9.17, 15) is 0 Å². The summed E-state index contributed by atoms with van der Waals surface area (Å²) < 4.78 is 28.8. The van der Waals surface area contributed by atoms with Crippen LogP contribution in [0.25, 0.3) is 126 Å². The van der Waals surface area contributed by atoms with Gasteiger partial charge >= 0.3 is 0 Å². The molecule has 0 fully saturated rings. The highest BCUT2D eigenvalue weighted by atomic mass is 16.5. The molecule has 17 rings (SSSR count). The van der Waals surface area contributed by atoms with Crippen LogP contribution in [0.3, 0.4) is 0 Å². The molecule has 72 heavy (non-hydrogen) atoms. The molecule has 7 heterocycles. The van der Waals surface area contributed by atoms with Gasteiger partial charge in [0, 0.05) is 60.2 Å². The van der Waals surface area contributed by atoms with Gasteiger partial charge in [-0.15, -0.1) is 0 Å². The molecule has 6 nitrogen and oxygen atoms in total. The van der Waals surface area contributed by atoms with Crippen LogP contribution in [0.2, 0.25) is 0 Å². The van der Waals surface area contributed by atoms with Gasteiger partial charge in [-0.25, -0.2) is 0 Å². The molecule has 10 aromatic carbocycles. The fraction of sp³-hybridized carbons (Fsp3) is 0.0769. The molecule has 2 aliphatic rings. The quantitative estimate of drug-likeness (QED) is 0.162. The number of fused-ring (bicyclic) bond motifs is 21. The second-order valence-electron chi connectivity index (χ2n) is 21.3. The van der Waals surface area contributed by atoms with E-state index in [2.05, 4.69) is 223 Å². The van der Waals surface area contributed by atoms with Crippen molar-refractivity contribution in [3.63, 3.8) is 0 Å². The number of hydrogen-bond acceptors (Lipinski definition) is 3. The number of aryl methyl sites for hydroxylation is 1. The Labute approximate surface area is 412 Å². The van der Waals surface area contributed by atoms with E-state index in [0.29, 0.717) is 0 Å². The Kier molecular flexibility index (Phi) is 7.16. The van der Waals surface area contributed by atoms with Gasteiger partial charge in [0.05, 0.1) is 43.9 Å². The van der Waals surface area contributed by atoms with Gasteiger partial charge in [-0.1, -0.05) is 112 Å². The van der Waals surface area contributed by atoms with E-state index in [4.69, 9.17) is 13.6 Å². The van der Waals surface area contributed by atoms with E-state index in [1.807, 2.05) is 0 Å². The number of nitrogens with zero attached hydrogens (tertiary/aromatic N) is 3. The predicted molar refractivity (Wildman–Crippen MR) is 299 cm³/mol. The minimum absolute atomic E-state index is 0.0630. The summed E-state index contributed by atoms with van der Waals surface area (Å²) >= 11 is 0. The van der Waals surface area contributed by atoms with E-state index in [0.717, 1.165) is 99.8 Å². The average molecular weight is 924 g/mol. The second kappa shape index (κ2) is 13.3. The van der Waals surface area contributed by atoms with Crippen LogP contribution in [0.4, 0.5) is 0 Å². The summed E-state index contributed by atoms with van der Waals surface area (Å²) in [7, 11) is 0. The Morgan fingerprint density at radius 2 is 0.972 bits per heavy atom. The lowest BCUT2D eigenvalue weighted by Crippen LogP contribution is -2.58. The molecular formula is C65H42BN3O3. The van der Waals surface area contributed by atoms with Crippen LogP contribution in [0.1, 0.15) is 31.9 Å². The van der Waals surface area contributed by atoms with Crippen molar-refractivity contribution in [1.82, 2.24) is 13.7 Å². The van der Waals surface area contributed by atoms with Crippen LogP contribution < -0.4 is 21.1 Å². The molecule has 5 aromatic heterocycles. The minimum atomic E-state index is -0.101. The highest BCUT2D eigenvalue weighted by Gasteiger charge is 2.42. The zero-order valence-electron chi connectivity index (χ0n) is 40.0. The number of furan rings is 2. The smallest absolute Gasteiger partial charge is 0.256 e. The van der Waals surface area contributed by atoms with E-state index < -0.39 is 0 Å². The SMILES string of the molecule is Cc1cc2c3c(c1)-n1c4ccc5c6cc(-n7c8ccccc8c8ccccc87)ccc6oc5c4c4c5oc6ccc(-n7c8ccccc8c8ccccc87)cc6c5cc(c41)B3c1cc(C(C)(C)C)ccc1O2. The summed E-state index contributed by atoms with van der Waals surface area (Å²) in [5.41, 5.74) is 19.6. The number of benzene rings is 10. The van der Waals surface area contributed by atoms with Crippen molar-refractivity contribution in [2.24, 2.45) is 0 Å². The van der Waals surface area contributed by atoms with Gasteiger partial charge in [0.15, 0.2) is 0 Å². The first-order chi connectivity index (χ1) is 35.2. The third kappa shape index (κ3) is 4.85. The van der Waals surface area contributed by atoms with Crippen molar-refractivity contribution in [3.05, 3.63) is 193 Å². The molecule has 338 valence electrons. The number of para-hydroxylation sites is 4. The molecule has 0 N–H and O–H groups in total. The molecule has 7 heteroatoms. The summed E-state index contributed by atoms with van der Waals surface area (Å²) in [5, 5.41) is 11.3. The number of ether oxygens (including phenoxy) is 1. The van der Waals surface area contributed by atoms with Crippen LogP contribution in [0.15, 0.2) is 191 Å². The van der Waals surface area contributed by atoms with Gasteiger partial charge in [-0.05, 0) is 131 Å². The molecule has 0 spiro atoms. The van der Waals surface area contributed by atoms with Crippen LogP contribution in [0, 0.1) is 6.92 Å². The lowest BCUT2D eigenvalue weighted by molar-refractivity contribution is 0.485. The van der Waals surface area contributed by atoms with E-state index >= 15 is 0 Å². The van der Waals surface area contributed by atoms with Crippen LogP contribution in [0.5, 0.6) is 11.5 Å². The lowest BCUT2D eigenvalue weighted by atomic mass is 9.34. The number of rotatable bonds is 2. The molecule has 0 atom stereocenters. The standard InChI is InChI=1S/C65H42BN3O3/c1-35-29-54-61-58(30-35)70-57-26-21-36(65(2,3)4)31-47(57)66(61)48-34-46-45-33-38(68-51-19-11-7-15-41(51)42-16-8-12-20-52(42)68)23-28-56(45)72-64(46)60-59-53(69(54)62(48)60)25-24-43-44-32-37(22-27-55(44)71-63(43)59)67-49-17-9-5-13-39(49)40-14-6-10-18-50(40)67/h5-34H,1-4H3. The first kappa shape index (κ1) is 38.9. The molecule has 15 aromatic rings. The van der Waals surface area contributed by atoms with Crippen molar-refractivity contribution in [3.8, 4) is 28.6 Å². The van der Waals surface area contributed by atoms with Crippen molar-refractivity contribution in [2.45, 2.75) is 33.1 Å². The largest absolute Gasteiger partial charge is 0.458 e. The first-order valence-electron chi connectivity index (χ1n) is 25.0. The van der Waals surface area contributed by atoms with Gasteiger partial charge in [0.25, 0.3) is 6.71 Å². The highest BCUT2D eigenvalue weighted by Crippen LogP contribution is 2.48. The molecule has 0 saturated heterocycles. The molecule has 0 amide bonds. The van der Waals surface area contributed by atoms with E-state index in [-0.39, 0.29) is 12.1 Å². The Balaban J connectivity index is 1.01. The Morgan fingerprint density at radius 3 is 1.56 bits per heavy atom. The third-order valence-corrected chi connectivity index (χ3v) is 16.3. The van der Waals surface area contributed by atoms with Crippen molar-refractivity contribution < 1.29 is 13.6 Å². The summed E-state index contributed by atoms with van der Waals surface area (Å²) in [6, 6.07) is 66.6. The normalized spacial score (nSPS) is 13.4. The summed E-state index contributed by atoms with van der Waals surface area (Å²) in [5.74, 6) is 1.80. The summed E-state index contributed by atoms with van der Waals surface area (Å²) in [4.78, 5) is 0. The second-order valence-corrected chi connectivity index (χ2v) is 21.3. The molecule has 2 aliphatic heterocycles. The fourth-order valence-corrected chi connectivity index (χ4v) is 13.1. The maximum absolute atomic E-state index is 7.29. The minimum Gasteiger partial charge on any atom is -0.458 e. The van der Waals surface area contributed by atoms with Crippen molar-refractivity contribution >= 4 is 132 Å². The molecule has 0 bridgehead atoms. The average Bonchev–Trinajstić information content (AvgIpc) is 4.21. The van der Waals surface area contributed by atoms with Gasteiger partial charge in [0.1, 0.15) is 33.8 Å². The van der Waals surface area contributed by atoms with Crippen molar-refractivity contribution in [1.29, 1.82) is 0 Å². The van der Waals surface area contributed by atoms with Crippen molar-refractivity contribution in [2.75, 3.05) is 0 Å². The van der Waals surface area contributed by atoms with Crippen LogP contribution >= 0.6 is 0 Å². The third-order valence-electron chi connectivity index (χ3n) is 16.3. The maximum atomic E-state index is 7.29. The highest BCUT2D eigenvalue weighted by molar-refractivity contribution is 6.99. The Hall–Kier alpha value is -8.94. The van der Waals surface area contributed by atoms with Crippen LogP contribution in [-0.4, -0.2) is 20.4 Å². The number of aromatic nitrogens is 3. The number of hydrogen-bond donors (Lipinski definition) is 0. The Morgan fingerprint density at radius 1 is 0.417 bits per heavy atom. The molecule has 0 unspecified atom stereocenters. The topological polar surface area (TPSA) is 50.3 Å². The lowest BCUT2D eigenvalue weighted by Gasteiger charge is -2.34. The molecule has 0 radical (unpaired) electrons.